The Morgan fingerprint density at radius 2 is 2.05 bits per heavy atom. The predicted octanol–water partition coefficient (Wildman–Crippen LogP) is 4.00. The van der Waals surface area contributed by atoms with Gasteiger partial charge in [0.15, 0.2) is 0 Å². The molecule has 4 heteroatoms. The molecule has 0 radical (unpaired) electrons. The SMILES string of the molecule is CC(C)(C)SCCNC(=O)/C=C/c1ccccc1Cl. The summed E-state index contributed by atoms with van der Waals surface area (Å²) in [6, 6.07) is 7.44. The van der Waals surface area contributed by atoms with Crippen LogP contribution < -0.4 is 5.32 Å². The third-order valence-corrected chi connectivity index (χ3v) is 3.87. The smallest absolute Gasteiger partial charge is 0.244 e. The van der Waals surface area contributed by atoms with Crippen molar-refractivity contribution in [2.75, 3.05) is 12.3 Å². The second-order valence-electron chi connectivity index (χ2n) is 5.11. The standard InChI is InChI=1S/C15H20ClNOS/c1-15(2,3)19-11-10-17-14(18)9-8-12-6-4-5-7-13(12)16/h4-9H,10-11H2,1-3H3,(H,17,18)/b9-8+. The Balaban J connectivity index is 2.34. The van der Waals surface area contributed by atoms with Crippen molar-refractivity contribution < 1.29 is 4.79 Å². The fourth-order valence-corrected chi connectivity index (χ4v) is 2.38. The maximum absolute atomic E-state index is 11.6. The minimum absolute atomic E-state index is 0.0885. The molecular formula is C15H20ClNOS. The molecule has 1 aromatic rings. The van der Waals surface area contributed by atoms with Gasteiger partial charge in [-0.1, -0.05) is 50.6 Å². The molecule has 1 amide bonds. The Morgan fingerprint density at radius 1 is 1.37 bits per heavy atom. The molecule has 0 fully saturated rings. The van der Waals surface area contributed by atoms with Gasteiger partial charge in [-0.3, -0.25) is 4.79 Å². The summed E-state index contributed by atoms with van der Waals surface area (Å²) in [6.07, 6.45) is 3.25. The van der Waals surface area contributed by atoms with Crippen molar-refractivity contribution in [3.8, 4) is 0 Å². The number of hydrogen-bond donors (Lipinski definition) is 1. The Kier molecular flexibility index (Phi) is 6.46. The van der Waals surface area contributed by atoms with Crippen LogP contribution in [0.25, 0.3) is 6.08 Å². The molecular weight excluding hydrogens is 278 g/mol. The van der Waals surface area contributed by atoms with E-state index >= 15 is 0 Å². The number of benzene rings is 1. The van der Waals surface area contributed by atoms with E-state index < -0.39 is 0 Å². The van der Waals surface area contributed by atoms with Gasteiger partial charge in [0.05, 0.1) is 0 Å². The average Bonchev–Trinajstić information content (AvgIpc) is 2.32. The Bertz CT molecular complexity index is 452. The van der Waals surface area contributed by atoms with E-state index in [1.807, 2.05) is 30.0 Å². The Hall–Kier alpha value is -0.930. The van der Waals surface area contributed by atoms with Crippen LogP contribution in [0, 0.1) is 0 Å². The van der Waals surface area contributed by atoms with E-state index in [9.17, 15) is 4.79 Å². The molecule has 0 aliphatic carbocycles. The van der Waals surface area contributed by atoms with Gasteiger partial charge in [-0.05, 0) is 17.7 Å². The first kappa shape index (κ1) is 16.1. The van der Waals surface area contributed by atoms with Crippen LogP contribution in [0.4, 0.5) is 0 Å². The van der Waals surface area contributed by atoms with Crippen molar-refractivity contribution in [3.63, 3.8) is 0 Å². The number of carbonyl (C=O) groups excluding carboxylic acids is 1. The highest BCUT2D eigenvalue weighted by atomic mass is 35.5. The maximum Gasteiger partial charge on any atom is 0.244 e. The zero-order chi connectivity index (χ0) is 14.3. The van der Waals surface area contributed by atoms with E-state index in [0.29, 0.717) is 11.6 Å². The lowest BCUT2D eigenvalue weighted by Gasteiger charge is -2.17. The normalized spacial score (nSPS) is 11.8. The molecule has 0 unspecified atom stereocenters. The van der Waals surface area contributed by atoms with Crippen molar-refractivity contribution in [2.24, 2.45) is 0 Å². The molecule has 1 N–H and O–H groups in total. The first-order valence-electron chi connectivity index (χ1n) is 6.23. The monoisotopic (exact) mass is 297 g/mol. The van der Waals surface area contributed by atoms with Crippen LogP contribution in [0.5, 0.6) is 0 Å². The number of amides is 1. The first-order chi connectivity index (χ1) is 8.88. The lowest BCUT2D eigenvalue weighted by atomic mass is 10.2. The molecule has 0 saturated heterocycles. The molecule has 0 saturated carbocycles. The van der Waals surface area contributed by atoms with Gasteiger partial charge in [0.1, 0.15) is 0 Å². The van der Waals surface area contributed by atoms with Gasteiger partial charge in [0.25, 0.3) is 0 Å². The van der Waals surface area contributed by atoms with E-state index in [0.717, 1.165) is 11.3 Å². The summed E-state index contributed by atoms with van der Waals surface area (Å²) in [6.45, 7) is 7.16. The largest absolute Gasteiger partial charge is 0.352 e. The van der Waals surface area contributed by atoms with Gasteiger partial charge in [-0.25, -0.2) is 0 Å². The number of hydrogen-bond acceptors (Lipinski definition) is 2. The fraction of sp³-hybridized carbons (Fsp3) is 0.400. The molecule has 0 aromatic heterocycles. The average molecular weight is 298 g/mol. The summed E-state index contributed by atoms with van der Waals surface area (Å²) in [7, 11) is 0. The van der Waals surface area contributed by atoms with E-state index in [1.165, 1.54) is 6.08 Å². The minimum Gasteiger partial charge on any atom is -0.352 e. The van der Waals surface area contributed by atoms with Crippen molar-refractivity contribution in [3.05, 3.63) is 40.9 Å². The third-order valence-electron chi connectivity index (χ3n) is 2.26. The molecule has 0 aliphatic heterocycles. The van der Waals surface area contributed by atoms with E-state index in [2.05, 4.69) is 26.1 Å². The summed E-state index contributed by atoms with van der Waals surface area (Å²) in [4.78, 5) is 11.6. The van der Waals surface area contributed by atoms with Gasteiger partial charge in [0, 0.05) is 28.1 Å². The number of thioether (sulfide) groups is 1. The van der Waals surface area contributed by atoms with Gasteiger partial charge < -0.3 is 5.32 Å². The Labute approximate surface area is 124 Å². The minimum atomic E-state index is -0.0885. The molecule has 0 spiro atoms. The zero-order valence-corrected chi connectivity index (χ0v) is 13.1. The fourth-order valence-electron chi connectivity index (χ4n) is 1.37. The summed E-state index contributed by atoms with van der Waals surface area (Å²) in [5.74, 6) is 0.823. The van der Waals surface area contributed by atoms with Gasteiger partial charge in [-0.15, -0.1) is 0 Å². The van der Waals surface area contributed by atoms with Gasteiger partial charge in [-0.2, -0.15) is 11.8 Å². The topological polar surface area (TPSA) is 29.1 Å². The van der Waals surface area contributed by atoms with Crippen LogP contribution in [0.1, 0.15) is 26.3 Å². The van der Waals surface area contributed by atoms with Crippen molar-refractivity contribution in [2.45, 2.75) is 25.5 Å². The highest BCUT2D eigenvalue weighted by molar-refractivity contribution is 8.00. The molecule has 19 heavy (non-hydrogen) atoms. The molecule has 0 aliphatic rings. The predicted molar refractivity (Wildman–Crippen MR) is 85.7 cm³/mol. The van der Waals surface area contributed by atoms with Crippen LogP contribution in [0.15, 0.2) is 30.3 Å². The van der Waals surface area contributed by atoms with Gasteiger partial charge >= 0.3 is 0 Å². The van der Waals surface area contributed by atoms with Crippen LogP contribution in [-0.2, 0) is 4.79 Å². The highest BCUT2D eigenvalue weighted by Gasteiger charge is 2.09. The maximum atomic E-state index is 11.6. The van der Waals surface area contributed by atoms with E-state index in [-0.39, 0.29) is 10.7 Å². The van der Waals surface area contributed by atoms with E-state index in [1.54, 1.807) is 12.1 Å². The second-order valence-corrected chi connectivity index (χ2v) is 7.44. The number of carbonyl (C=O) groups is 1. The highest BCUT2D eigenvalue weighted by Crippen LogP contribution is 2.22. The van der Waals surface area contributed by atoms with Gasteiger partial charge in [0.2, 0.25) is 5.91 Å². The second kappa shape index (κ2) is 7.61. The molecule has 0 bridgehead atoms. The quantitative estimate of drug-likeness (QED) is 0.657. The molecule has 1 rings (SSSR count). The lowest BCUT2D eigenvalue weighted by Crippen LogP contribution is -2.25. The summed E-state index contributed by atoms with van der Waals surface area (Å²) in [5.41, 5.74) is 0.850. The summed E-state index contributed by atoms with van der Waals surface area (Å²) in [5, 5.41) is 3.50. The Morgan fingerprint density at radius 3 is 2.68 bits per heavy atom. The number of rotatable bonds is 5. The van der Waals surface area contributed by atoms with Crippen LogP contribution in [-0.4, -0.2) is 23.0 Å². The van der Waals surface area contributed by atoms with Crippen molar-refractivity contribution in [1.29, 1.82) is 0 Å². The molecule has 0 atom stereocenters. The van der Waals surface area contributed by atoms with E-state index in [4.69, 9.17) is 11.6 Å². The summed E-state index contributed by atoms with van der Waals surface area (Å²) < 4.78 is 0.234. The molecule has 0 heterocycles. The van der Waals surface area contributed by atoms with Crippen LogP contribution >= 0.6 is 23.4 Å². The zero-order valence-electron chi connectivity index (χ0n) is 11.6. The number of halogens is 1. The number of nitrogens with one attached hydrogen (secondary N) is 1. The molecule has 104 valence electrons. The first-order valence-corrected chi connectivity index (χ1v) is 7.59. The van der Waals surface area contributed by atoms with Crippen molar-refractivity contribution in [1.82, 2.24) is 5.32 Å². The molecule has 2 nitrogen and oxygen atoms in total. The lowest BCUT2D eigenvalue weighted by molar-refractivity contribution is -0.116. The van der Waals surface area contributed by atoms with Crippen molar-refractivity contribution >= 4 is 35.3 Å². The summed E-state index contributed by atoms with van der Waals surface area (Å²) >= 11 is 7.83. The third kappa shape index (κ3) is 7.28. The van der Waals surface area contributed by atoms with Crippen LogP contribution in [0.3, 0.4) is 0 Å². The van der Waals surface area contributed by atoms with Crippen LogP contribution in [0.2, 0.25) is 5.02 Å². The molecule has 1 aromatic carbocycles.